The largest absolute Gasteiger partial charge is 0.441 e. The van der Waals surface area contributed by atoms with Gasteiger partial charge in [0.05, 0.1) is 16.4 Å². The second-order valence-electron chi connectivity index (χ2n) is 4.16. The van der Waals surface area contributed by atoms with Crippen LogP contribution < -0.4 is 0 Å². The fourth-order valence-electron chi connectivity index (χ4n) is 1.91. The highest BCUT2D eigenvalue weighted by molar-refractivity contribution is 8.00. The lowest BCUT2D eigenvalue weighted by atomic mass is 10.3. The zero-order chi connectivity index (χ0) is 14.9. The van der Waals surface area contributed by atoms with Gasteiger partial charge in [-0.3, -0.25) is 0 Å². The van der Waals surface area contributed by atoms with Crippen LogP contribution in [0, 0.1) is 0 Å². The number of rotatable bonds is 4. The minimum atomic E-state index is -4.24. The second kappa shape index (κ2) is 6.03. The molecule has 1 aromatic heterocycles. The van der Waals surface area contributed by atoms with Crippen molar-refractivity contribution in [1.82, 2.24) is 9.55 Å². The summed E-state index contributed by atoms with van der Waals surface area (Å²) in [6.07, 6.45) is 0. The number of hydrogen-bond acceptors (Lipinski definition) is 2. The predicted molar refractivity (Wildman–Crippen MR) is 77.5 cm³/mol. The van der Waals surface area contributed by atoms with E-state index in [0.29, 0.717) is 21.9 Å². The van der Waals surface area contributed by atoms with E-state index in [1.54, 1.807) is 29.7 Å². The molecule has 0 fully saturated rings. The molecule has 0 aliphatic carbocycles. The molecule has 2 aromatic rings. The first-order valence-corrected chi connectivity index (χ1v) is 7.58. The summed E-state index contributed by atoms with van der Waals surface area (Å²) in [5.41, 5.74) is -2.86. The fourth-order valence-corrected chi connectivity index (χ4v) is 2.74. The Morgan fingerprint density at radius 1 is 1.40 bits per heavy atom. The van der Waals surface area contributed by atoms with E-state index < -0.39 is 10.9 Å². The van der Waals surface area contributed by atoms with Gasteiger partial charge in [0, 0.05) is 17.3 Å². The topological polar surface area (TPSA) is 17.8 Å². The maximum Gasteiger partial charge on any atom is 0.441 e. The molecule has 0 saturated heterocycles. The molecule has 0 bridgehead atoms. The van der Waals surface area contributed by atoms with Gasteiger partial charge in [-0.15, -0.1) is 11.6 Å². The third-order valence-electron chi connectivity index (χ3n) is 2.68. The minimum absolute atomic E-state index is 0.0597. The van der Waals surface area contributed by atoms with Crippen LogP contribution in [-0.2, 0) is 6.54 Å². The molecule has 20 heavy (non-hydrogen) atoms. The van der Waals surface area contributed by atoms with Crippen molar-refractivity contribution in [3.63, 3.8) is 0 Å². The molecule has 1 aromatic carbocycles. The molecule has 0 N–H and O–H groups in total. The van der Waals surface area contributed by atoms with Gasteiger partial charge in [0.15, 0.2) is 0 Å². The van der Waals surface area contributed by atoms with Crippen LogP contribution in [0.2, 0.25) is 5.02 Å². The molecular weight excluding hydrogens is 332 g/mol. The van der Waals surface area contributed by atoms with Gasteiger partial charge in [-0.2, -0.15) is 13.2 Å². The van der Waals surface area contributed by atoms with Crippen molar-refractivity contribution >= 4 is 46.0 Å². The summed E-state index contributed by atoms with van der Waals surface area (Å²) in [5.74, 6) is 0.449. The van der Waals surface area contributed by atoms with Crippen LogP contribution in [0.4, 0.5) is 13.2 Å². The SMILES string of the molecule is CC(Cl)c1nc2ccc(Cl)cc2n1CCSC(F)(F)F. The van der Waals surface area contributed by atoms with Gasteiger partial charge in [-0.1, -0.05) is 11.6 Å². The van der Waals surface area contributed by atoms with Gasteiger partial charge in [0.25, 0.3) is 0 Å². The number of hydrogen-bond donors (Lipinski definition) is 0. The van der Waals surface area contributed by atoms with E-state index in [1.165, 1.54) is 0 Å². The monoisotopic (exact) mass is 342 g/mol. The first kappa shape index (κ1) is 15.8. The van der Waals surface area contributed by atoms with E-state index >= 15 is 0 Å². The summed E-state index contributed by atoms with van der Waals surface area (Å²) in [4.78, 5) is 4.35. The Morgan fingerprint density at radius 3 is 2.70 bits per heavy atom. The molecule has 1 unspecified atom stereocenters. The zero-order valence-corrected chi connectivity index (χ0v) is 12.7. The first-order valence-electron chi connectivity index (χ1n) is 5.78. The maximum absolute atomic E-state index is 12.2. The van der Waals surface area contributed by atoms with Crippen LogP contribution in [0.3, 0.4) is 0 Å². The molecular formula is C12H11Cl2F3N2S. The van der Waals surface area contributed by atoms with E-state index in [4.69, 9.17) is 23.2 Å². The standard InChI is InChI=1S/C12H11Cl2F3N2S/c1-7(13)11-18-9-3-2-8(14)6-10(9)19(11)4-5-20-12(15,16)17/h2-3,6-7H,4-5H2,1H3. The Morgan fingerprint density at radius 2 is 2.10 bits per heavy atom. The lowest BCUT2D eigenvalue weighted by Gasteiger charge is -2.11. The normalized spacial score (nSPS) is 13.9. The average molecular weight is 343 g/mol. The lowest BCUT2D eigenvalue weighted by molar-refractivity contribution is -0.0328. The third kappa shape index (κ3) is 3.74. The maximum atomic E-state index is 12.2. The molecule has 8 heteroatoms. The Bertz CT molecular complexity index is 611. The van der Waals surface area contributed by atoms with Gasteiger partial charge in [-0.05, 0) is 36.9 Å². The van der Waals surface area contributed by atoms with Gasteiger partial charge in [-0.25, -0.2) is 4.98 Å². The Balaban J connectivity index is 2.33. The van der Waals surface area contributed by atoms with Crippen molar-refractivity contribution in [2.45, 2.75) is 24.4 Å². The predicted octanol–water partition coefficient (Wildman–Crippen LogP) is 5.24. The van der Waals surface area contributed by atoms with Crippen molar-refractivity contribution < 1.29 is 13.2 Å². The van der Waals surface area contributed by atoms with Gasteiger partial charge in [0.1, 0.15) is 5.82 Å². The highest BCUT2D eigenvalue weighted by Gasteiger charge is 2.28. The molecule has 0 aliphatic heterocycles. The third-order valence-corrected chi connectivity index (χ3v) is 3.82. The summed E-state index contributed by atoms with van der Waals surface area (Å²) in [7, 11) is 0. The highest BCUT2D eigenvalue weighted by Crippen LogP contribution is 2.32. The number of halogens is 5. The number of imidazole rings is 1. The van der Waals surface area contributed by atoms with Gasteiger partial charge < -0.3 is 4.57 Å². The average Bonchev–Trinajstić information content (AvgIpc) is 2.66. The molecule has 1 atom stereocenters. The molecule has 2 nitrogen and oxygen atoms in total. The summed E-state index contributed by atoms with van der Waals surface area (Å²) in [5, 5.41) is 0.118. The van der Waals surface area contributed by atoms with Gasteiger partial charge in [0.2, 0.25) is 0 Å². The Labute approximate surface area is 128 Å². The van der Waals surface area contributed by atoms with E-state index in [-0.39, 0.29) is 24.1 Å². The number of alkyl halides is 4. The van der Waals surface area contributed by atoms with Crippen molar-refractivity contribution in [2.75, 3.05) is 5.75 Å². The van der Waals surface area contributed by atoms with Crippen molar-refractivity contribution in [2.24, 2.45) is 0 Å². The van der Waals surface area contributed by atoms with Crippen LogP contribution in [0.5, 0.6) is 0 Å². The summed E-state index contributed by atoms with van der Waals surface area (Å²) in [6, 6.07) is 5.10. The molecule has 110 valence electrons. The summed E-state index contributed by atoms with van der Waals surface area (Å²) in [6.45, 7) is 1.91. The summed E-state index contributed by atoms with van der Waals surface area (Å²) < 4.78 is 38.3. The Kier molecular flexibility index (Phi) is 4.76. The summed E-state index contributed by atoms with van der Waals surface area (Å²) >= 11 is 11.9. The van der Waals surface area contributed by atoms with Crippen LogP contribution in [-0.4, -0.2) is 20.8 Å². The number of nitrogens with zero attached hydrogens (tertiary/aromatic N) is 2. The van der Waals surface area contributed by atoms with Crippen LogP contribution in [0.25, 0.3) is 11.0 Å². The van der Waals surface area contributed by atoms with E-state index in [9.17, 15) is 13.2 Å². The fraction of sp³-hybridized carbons (Fsp3) is 0.417. The Hall–Kier alpha value is -0.590. The smallest absolute Gasteiger partial charge is 0.326 e. The highest BCUT2D eigenvalue weighted by atomic mass is 35.5. The van der Waals surface area contributed by atoms with Crippen LogP contribution in [0.1, 0.15) is 18.1 Å². The molecule has 1 heterocycles. The second-order valence-corrected chi connectivity index (χ2v) is 6.42. The molecule has 0 aliphatic rings. The number of benzene rings is 1. The van der Waals surface area contributed by atoms with Crippen molar-refractivity contribution in [3.8, 4) is 0 Å². The number of aromatic nitrogens is 2. The van der Waals surface area contributed by atoms with Crippen LogP contribution >= 0.6 is 35.0 Å². The zero-order valence-electron chi connectivity index (χ0n) is 10.4. The van der Waals surface area contributed by atoms with E-state index in [2.05, 4.69) is 4.98 Å². The molecule has 0 radical (unpaired) electrons. The molecule has 2 rings (SSSR count). The first-order chi connectivity index (χ1) is 9.28. The van der Waals surface area contributed by atoms with E-state index in [1.807, 2.05) is 0 Å². The van der Waals surface area contributed by atoms with Crippen molar-refractivity contribution in [1.29, 1.82) is 0 Å². The van der Waals surface area contributed by atoms with Crippen LogP contribution in [0.15, 0.2) is 18.2 Å². The van der Waals surface area contributed by atoms with Gasteiger partial charge >= 0.3 is 5.51 Å². The quantitative estimate of drug-likeness (QED) is 0.707. The molecule has 0 spiro atoms. The minimum Gasteiger partial charge on any atom is -0.326 e. The number of fused-ring (bicyclic) bond motifs is 1. The number of thioether (sulfide) groups is 1. The lowest BCUT2D eigenvalue weighted by Crippen LogP contribution is -2.10. The van der Waals surface area contributed by atoms with E-state index in [0.717, 1.165) is 0 Å². The molecule has 0 saturated carbocycles. The molecule has 0 amide bonds. The number of aryl methyl sites for hydroxylation is 1. The van der Waals surface area contributed by atoms with Crippen molar-refractivity contribution in [3.05, 3.63) is 29.0 Å².